The van der Waals surface area contributed by atoms with Crippen LogP contribution in [0.25, 0.3) is 0 Å². The number of anilines is 1. The van der Waals surface area contributed by atoms with Crippen molar-refractivity contribution in [1.82, 2.24) is 19.8 Å². The second-order valence-corrected chi connectivity index (χ2v) is 7.30. The van der Waals surface area contributed by atoms with Gasteiger partial charge < -0.3 is 15.8 Å². The average Bonchev–Trinajstić information content (AvgIpc) is 2.75. The molecule has 22 heavy (non-hydrogen) atoms. The molecule has 0 unspecified atom stereocenters. The topological polar surface area (TPSA) is 128 Å². The van der Waals surface area contributed by atoms with Gasteiger partial charge in [-0.25, -0.2) is 17.9 Å². The third-order valence-corrected chi connectivity index (χ3v) is 3.93. The summed E-state index contributed by atoms with van der Waals surface area (Å²) in [5, 5.41) is 6.33. The van der Waals surface area contributed by atoms with Crippen LogP contribution in [0.2, 0.25) is 0 Å². The Kier molecular flexibility index (Phi) is 5.78. The van der Waals surface area contributed by atoms with Crippen LogP contribution in [0.5, 0.6) is 0 Å². The summed E-state index contributed by atoms with van der Waals surface area (Å²) in [4.78, 5) is 11.3. The number of nitrogen functional groups attached to an aromatic ring is 1. The Morgan fingerprint density at radius 3 is 2.55 bits per heavy atom. The molecule has 0 radical (unpaired) electrons. The van der Waals surface area contributed by atoms with Gasteiger partial charge in [0.15, 0.2) is 5.82 Å². The number of sulfonamides is 1. The zero-order valence-corrected chi connectivity index (χ0v) is 14.0. The maximum absolute atomic E-state index is 12.1. The molecule has 9 nitrogen and oxygen atoms in total. The van der Waals surface area contributed by atoms with Crippen LogP contribution in [0, 0.1) is 0 Å². The largest absolute Gasteiger partial charge is 0.444 e. The van der Waals surface area contributed by atoms with Crippen LogP contribution in [0.4, 0.5) is 10.6 Å². The number of nitrogens with one attached hydrogen (secondary N) is 2. The average molecular weight is 333 g/mol. The van der Waals surface area contributed by atoms with Crippen LogP contribution in [-0.2, 0) is 21.3 Å². The van der Waals surface area contributed by atoms with Gasteiger partial charge in [0.05, 0.1) is 0 Å². The number of carbonyl (C=O) groups is 1. The normalized spacial score (nSPS) is 12.2. The van der Waals surface area contributed by atoms with E-state index in [4.69, 9.17) is 10.5 Å². The molecule has 126 valence electrons. The van der Waals surface area contributed by atoms with E-state index in [0.717, 1.165) is 0 Å². The Bertz CT molecular complexity index is 618. The minimum absolute atomic E-state index is 0.0122. The molecule has 0 saturated carbocycles. The number of rotatable bonds is 6. The molecule has 0 atom stereocenters. The van der Waals surface area contributed by atoms with Crippen molar-refractivity contribution in [3.8, 4) is 0 Å². The van der Waals surface area contributed by atoms with E-state index >= 15 is 0 Å². The second kappa shape index (κ2) is 6.97. The number of aryl methyl sites for hydroxylation is 1. The highest BCUT2D eigenvalue weighted by atomic mass is 32.2. The molecule has 0 aliphatic carbocycles. The summed E-state index contributed by atoms with van der Waals surface area (Å²) in [5.41, 5.74) is 4.98. The van der Waals surface area contributed by atoms with E-state index in [9.17, 15) is 13.2 Å². The highest BCUT2D eigenvalue weighted by molar-refractivity contribution is 7.89. The van der Waals surface area contributed by atoms with Crippen molar-refractivity contribution in [2.45, 2.75) is 44.7 Å². The Balaban J connectivity index is 2.50. The van der Waals surface area contributed by atoms with Crippen molar-refractivity contribution in [3.63, 3.8) is 0 Å². The first-order valence-corrected chi connectivity index (χ1v) is 8.33. The molecule has 1 aromatic rings. The highest BCUT2D eigenvalue weighted by Crippen LogP contribution is 2.15. The summed E-state index contributed by atoms with van der Waals surface area (Å²) in [7, 11) is -3.76. The molecule has 10 heteroatoms. The van der Waals surface area contributed by atoms with E-state index in [1.54, 1.807) is 20.8 Å². The van der Waals surface area contributed by atoms with Gasteiger partial charge in [-0.15, -0.1) is 0 Å². The fourth-order valence-corrected chi connectivity index (χ4v) is 2.63. The Morgan fingerprint density at radius 1 is 1.41 bits per heavy atom. The molecule has 0 aliphatic heterocycles. The van der Waals surface area contributed by atoms with E-state index in [1.165, 1.54) is 10.9 Å². The molecule has 0 bridgehead atoms. The van der Waals surface area contributed by atoms with Crippen molar-refractivity contribution >= 4 is 21.9 Å². The van der Waals surface area contributed by atoms with Crippen molar-refractivity contribution in [1.29, 1.82) is 0 Å². The van der Waals surface area contributed by atoms with Crippen molar-refractivity contribution in [2.75, 3.05) is 18.8 Å². The quantitative estimate of drug-likeness (QED) is 0.642. The lowest BCUT2D eigenvalue weighted by atomic mass is 10.2. The van der Waals surface area contributed by atoms with E-state index in [0.29, 0.717) is 6.54 Å². The van der Waals surface area contributed by atoms with Crippen LogP contribution >= 0.6 is 0 Å². The number of aromatic nitrogens is 2. The van der Waals surface area contributed by atoms with Gasteiger partial charge in [-0.2, -0.15) is 5.10 Å². The molecule has 1 heterocycles. The van der Waals surface area contributed by atoms with E-state index in [1.807, 2.05) is 6.92 Å². The number of nitrogens with two attached hydrogens (primary N) is 1. The van der Waals surface area contributed by atoms with Gasteiger partial charge >= 0.3 is 6.09 Å². The van der Waals surface area contributed by atoms with E-state index < -0.39 is 21.7 Å². The minimum Gasteiger partial charge on any atom is -0.444 e. The number of hydrogen-bond donors (Lipinski definition) is 3. The fraction of sp³-hybridized carbons (Fsp3) is 0.667. The van der Waals surface area contributed by atoms with Crippen LogP contribution in [0.3, 0.4) is 0 Å². The number of alkyl carbamates (subject to hydrolysis) is 1. The molecule has 0 fully saturated rings. The van der Waals surface area contributed by atoms with Gasteiger partial charge in [0.25, 0.3) is 0 Å². The molecule has 4 N–H and O–H groups in total. The maximum atomic E-state index is 12.1. The third-order valence-electron chi connectivity index (χ3n) is 2.45. The third kappa shape index (κ3) is 5.53. The number of nitrogens with zero attached hydrogens (tertiary/aromatic N) is 2. The fourth-order valence-electron chi connectivity index (χ4n) is 1.53. The molecule has 0 aliphatic rings. The van der Waals surface area contributed by atoms with Crippen LogP contribution in [0.15, 0.2) is 11.1 Å². The van der Waals surface area contributed by atoms with Crippen molar-refractivity contribution < 1.29 is 17.9 Å². The van der Waals surface area contributed by atoms with Gasteiger partial charge in [-0.05, 0) is 27.7 Å². The maximum Gasteiger partial charge on any atom is 0.407 e. The van der Waals surface area contributed by atoms with Gasteiger partial charge in [-0.1, -0.05) is 0 Å². The van der Waals surface area contributed by atoms with Crippen LogP contribution < -0.4 is 15.8 Å². The number of ether oxygens (including phenoxy) is 1. The summed E-state index contributed by atoms with van der Waals surface area (Å²) < 4.78 is 32.9. The molecular formula is C12H23N5O4S. The SMILES string of the molecule is CCn1cc(S(=O)(=O)NCCNC(=O)OC(C)(C)C)c(N)n1. The second-order valence-electron chi connectivity index (χ2n) is 5.56. The molecule has 1 rings (SSSR count). The summed E-state index contributed by atoms with van der Waals surface area (Å²) in [6, 6.07) is 0. The van der Waals surface area contributed by atoms with Gasteiger partial charge in [0.1, 0.15) is 10.5 Å². The lowest BCUT2D eigenvalue weighted by Gasteiger charge is -2.19. The predicted octanol–water partition coefficient (Wildman–Crippen LogP) is 0.288. The summed E-state index contributed by atoms with van der Waals surface area (Å²) in [5.74, 6) is -0.0607. The Labute approximate surface area is 130 Å². The lowest BCUT2D eigenvalue weighted by Crippen LogP contribution is -2.37. The van der Waals surface area contributed by atoms with Gasteiger partial charge in [0.2, 0.25) is 10.0 Å². The summed E-state index contributed by atoms with van der Waals surface area (Å²) in [6.45, 7) is 7.66. The first-order valence-electron chi connectivity index (χ1n) is 6.84. The zero-order chi connectivity index (χ0) is 17.0. The molecule has 0 saturated heterocycles. The molecular weight excluding hydrogens is 310 g/mol. The van der Waals surface area contributed by atoms with Crippen LogP contribution in [0.1, 0.15) is 27.7 Å². The summed E-state index contributed by atoms with van der Waals surface area (Å²) in [6.07, 6.45) is 0.754. The van der Waals surface area contributed by atoms with E-state index in [2.05, 4.69) is 15.1 Å². The predicted molar refractivity (Wildman–Crippen MR) is 81.7 cm³/mol. The van der Waals surface area contributed by atoms with Crippen molar-refractivity contribution in [2.24, 2.45) is 0 Å². The number of amides is 1. The Hall–Kier alpha value is -1.81. The molecule has 1 amide bonds. The lowest BCUT2D eigenvalue weighted by molar-refractivity contribution is 0.0529. The van der Waals surface area contributed by atoms with Gasteiger partial charge in [-0.3, -0.25) is 4.68 Å². The van der Waals surface area contributed by atoms with Crippen LogP contribution in [-0.4, -0.2) is 43.0 Å². The van der Waals surface area contributed by atoms with E-state index in [-0.39, 0.29) is 23.8 Å². The standard InChI is InChI=1S/C12H23N5O4S/c1-5-17-8-9(10(13)16-17)22(19,20)15-7-6-14-11(18)21-12(2,3)4/h8,15H,5-7H2,1-4H3,(H2,13,16)(H,14,18). The monoisotopic (exact) mass is 333 g/mol. The first kappa shape index (κ1) is 18.2. The molecule has 0 aromatic carbocycles. The minimum atomic E-state index is -3.76. The van der Waals surface area contributed by atoms with Crippen molar-refractivity contribution in [3.05, 3.63) is 6.20 Å². The Morgan fingerprint density at radius 2 is 2.05 bits per heavy atom. The molecule has 1 aromatic heterocycles. The first-order chi connectivity index (χ1) is 10.0. The number of carbonyl (C=O) groups excluding carboxylic acids is 1. The van der Waals surface area contributed by atoms with Gasteiger partial charge in [0, 0.05) is 25.8 Å². The zero-order valence-electron chi connectivity index (χ0n) is 13.2. The summed E-state index contributed by atoms with van der Waals surface area (Å²) >= 11 is 0. The highest BCUT2D eigenvalue weighted by Gasteiger charge is 2.21. The number of hydrogen-bond acceptors (Lipinski definition) is 6. The molecule has 0 spiro atoms. The smallest absolute Gasteiger partial charge is 0.407 e.